The molecule has 0 radical (unpaired) electrons. The van der Waals surface area contributed by atoms with Gasteiger partial charge >= 0.3 is 0 Å². The third-order valence-electron chi connectivity index (χ3n) is 9.04. The number of ether oxygens (including phenoxy) is 6. The minimum Gasteiger partial charge on any atom is -0.507 e. The molecular formula is C32H38O20. The first-order valence-electron chi connectivity index (χ1n) is 15.9. The second-order valence-electron chi connectivity index (χ2n) is 12.6. The van der Waals surface area contributed by atoms with E-state index in [2.05, 4.69) is 0 Å². The largest absolute Gasteiger partial charge is 0.507 e. The van der Waals surface area contributed by atoms with E-state index in [0.29, 0.717) is 0 Å². The van der Waals surface area contributed by atoms with Crippen LogP contribution in [0.5, 0.6) is 28.7 Å². The van der Waals surface area contributed by atoms with Gasteiger partial charge in [0, 0.05) is 17.7 Å². The molecule has 14 atom stereocenters. The molecule has 20 heteroatoms. The number of aliphatic hydroxyl groups is 8. The molecule has 0 saturated carbocycles. The predicted octanol–water partition coefficient (Wildman–Crippen LogP) is -3.22. The average molecular weight is 743 g/mol. The number of phenolic OH excluding ortho intramolecular Hbond substituents is 3. The van der Waals surface area contributed by atoms with E-state index in [4.69, 9.17) is 32.8 Å². The Kier molecular flexibility index (Phi) is 10.8. The SMILES string of the molecule is C[C@@H]1O[C@@H](OC[C@@H]2O[C@@H](Oc3cc(O)c4c(=O)c(O)c(-c5ccc(O)c(O)c5)oc4c3)[C@H](O[C@@H]3OC[C@@H](O)[C@H](O)[C@H]3O)[C@@H](O)[C@@H]2O)[C@@H](O)[C@H](O)[C@H]1O. The third-order valence-corrected chi connectivity index (χ3v) is 9.04. The van der Waals surface area contributed by atoms with Crippen LogP contribution in [0.2, 0.25) is 0 Å². The highest BCUT2D eigenvalue weighted by Crippen LogP contribution is 2.39. The first-order valence-corrected chi connectivity index (χ1v) is 15.9. The molecule has 12 N–H and O–H groups in total. The fourth-order valence-corrected chi connectivity index (χ4v) is 6.00. The standard InChI is InChI=1S/C32H38O20/c1-9-19(37)23(41)27(45)30(48-9)47-8-17-21(39)24(42)29(52-31-26(44)20(38)15(36)7-46-31)32(51-17)49-11-5-14(35)18-16(6-11)50-28(25(43)22(18)40)10-2-3-12(33)13(34)4-10/h2-6,9,15,17,19-21,23-24,26-27,29-39,41-45H,7-8H2,1H3/t9-,15+,17-,19-,20-,21+,23+,24-,26+,27-,29+,30+,31-,32+/m0/s1. The van der Waals surface area contributed by atoms with E-state index in [0.717, 1.165) is 24.3 Å². The van der Waals surface area contributed by atoms with Crippen LogP contribution >= 0.6 is 0 Å². The molecule has 52 heavy (non-hydrogen) atoms. The van der Waals surface area contributed by atoms with Gasteiger partial charge in [0.15, 0.2) is 35.9 Å². The number of hydrogen-bond donors (Lipinski definition) is 12. The lowest BCUT2D eigenvalue weighted by molar-refractivity contribution is -0.352. The van der Waals surface area contributed by atoms with Gasteiger partial charge in [-0.3, -0.25) is 4.79 Å². The van der Waals surface area contributed by atoms with Crippen LogP contribution in [-0.2, 0) is 23.7 Å². The van der Waals surface area contributed by atoms with Gasteiger partial charge in [0.25, 0.3) is 0 Å². The molecule has 20 nitrogen and oxygen atoms in total. The van der Waals surface area contributed by atoms with E-state index in [9.17, 15) is 66.1 Å². The topological polar surface area (TPSA) is 328 Å². The van der Waals surface area contributed by atoms with Crippen molar-refractivity contribution in [2.75, 3.05) is 13.2 Å². The van der Waals surface area contributed by atoms with Gasteiger partial charge in [-0.05, 0) is 25.1 Å². The van der Waals surface area contributed by atoms with Gasteiger partial charge < -0.3 is 94.1 Å². The Bertz CT molecular complexity index is 1800. The van der Waals surface area contributed by atoms with E-state index in [1.54, 1.807) is 0 Å². The highest BCUT2D eigenvalue weighted by atomic mass is 16.8. The summed E-state index contributed by atoms with van der Waals surface area (Å²) < 4.78 is 39.4. The predicted molar refractivity (Wildman–Crippen MR) is 167 cm³/mol. The van der Waals surface area contributed by atoms with E-state index < -0.39 is 139 Å². The quantitative estimate of drug-likeness (QED) is 0.101. The van der Waals surface area contributed by atoms with Gasteiger partial charge in [-0.15, -0.1) is 0 Å². The molecule has 0 spiro atoms. The highest BCUT2D eigenvalue weighted by Gasteiger charge is 2.51. The number of phenols is 3. The summed E-state index contributed by atoms with van der Waals surface area (Å²) in [6.07, 6.45) is -22.9. The monoisotopic (exact) mass is 742 g/mol. The van der Waals surface area contributed by atoms with Crippen LogP contribution in [0.15, 0.2) is 39.5 Å². The second kappa shape index (κ2) is 14.9. The van der Waals surface area contributed by atoms with Crippen molar-refractivity contribution in [2.45, 2.75) is 92.9 Å². The zero-order valence-electron chi connectivity index (χ0n) is 27.0. The number of aromatic hydroxyl groups is 4. The Morgan fingerprint density at radius 3 is 2.15 bits per heavy atom. The Hall–Kier alpha value is -3.87. The molecule has 3 saturated heterocycles. The van der Waals surface area contributed by atoms with Crippen molar-refractivity contribution >= 4 is 11.0 Å². The Morgan fingerprint density at radius 1 is 0.731 bits per heavy atom. The molecule has 0 unspecified atom stereocenters. The van der Waals surface area contributed by atoms with Crippen LogP contribution in [0.4, 0.5) is 0 Å². The third kappa shape index (κ3) is 7.09. The van der Waals surface area contributed by atoms with Crippen LogP contribution in [0.1, 0.15) is 6.92 Å². The van der Waals surface area contributed by atoms with Crippen LogP contribution in [-0.4, -0.2) is 161 Å². The molecule has 0 bridgehead atoms. The molecule has 3 aliphatic heterocycles. The Labute approximate surface area is 292 Å². The fourth-order valence-electron chi connectivity index (χ4n) is 6.00. The molecule has 3 fully saturated rings. The van der Waals surface area contributed by atoms with Gasteiger partial charge in [0.05, 0.1) is 19.3 Å². The number of hydrogen-bond acceptors (Lipinski definition) is 20. The zero-order valence-corrected chi connectivity index (χ0v) is 27.0. The molecular weight excluding hydrogens is 704 g/mol. The van der Waals surface area contributed by atoms with Crippen molar-refractivity contribution in [1.29, 1.82) is 0 Å². The molecule has 4 heterocycles. The van der Waals surface area contributed by atoms with Crippen LogP contribution in [0.3, 0.4) is 0 Å². The van der Waals surface area contributed by atoms with Crippen LogP contribution in [0, 0.1) is 0 Å². The van der Waals surface area contributed by atoms with E-state index in [1.807, 2.05) is 0 Å². The molecule has 0 aliphatic carbocycles. The number of fused-ring (bicyclic) bond motifs is 1. The summed E-state index contributed by atoms with van der Waals surface area (Å²) >= 11 is 0. The molecule has 6 rings (SSSR count). The van der Waals surface area contributed by atoms with E-state index >= 15 is 0 Å². The molecule has 0 amide bonds. The van der Waals surface area contributed by atoms with Crippen LogP contribution < -0.4 is 10.2 Å². The summed E-state index contributed by atoms with van der Waals surface area (Å²) in [4.78, 5) is 13.1. The maximum absolute atomic E-state index is 13.1. The lowest BCUT2D eigenvalue weighted by atomic mass is 9.98. The Balaban J connectivity index is 1.31. The molecule has 3 aromatic rings. The first kappa shape index (κ1) is 37.9. The van der Waals surface area contributed by atoms with Gasteiger partial charge in [0.1, 0.15) is 77.4 Å². The number of rotatable bonds is 8. The summed E-state index contributed by atoms with van der Waals surface area (Å²) in [6.45, 7) is 0.288. The Morgan fingerprint density at radius 2 is 1.44 bits per heavy atom. The van der Waals surface area contributed by atoms with Gasteiger partial charge in [-0.25, -0.2) is 0 Å². The lowest BCUT2D eigenvalue weighted by Crippen LogP contribution is -2.64. The van der Waals surface area contributed by atoms with Crippen molar-refractivity contribution in [3.63, 3.8) is 0 Å². The van der Waals surface area contributed by atoms with Crippen molar-refractivity contribution in [3.8, 4) is 40.1 Å². The van der Waals surface area contributed by atoms with Crippen molar-refractivity contribution in [3.05, 3.63) is 40.6 Å². The summed E-state index contributed by atoms with van der Waals surface area (Å²) in [5.74, 6) is -3.57. The molecule has 286 valence electrons. The maximum Gasteiger partial charge on any atom is 0.238 e. The molecule has 3 aliphatic rings. The van der Waals surface area contributed by atoms with E-state index in [1.165, 1.54) is 13.0 Å². The average Bonchev–Trinajstić information content (AvgIpc) is 3.10. The van der Waals surface area contributed by atoms with Crippen LogP contribution in [0.25, 0.3) is 22.3 Å². The number of aliphatic hydroxyl groups excluding tert-OH is 8. The molecule has 2 aromatic carbocycles. The first-order chi connectivity index (χ1) is 24.6. The fraction of sp³-hybridized carbons (Fsp3) is 0.531. The minimum atomic E-state index is -1.94. The normalized spacial score (nSPS) is 36.9. The summed E-state index contributed by atoms with van der Waals surface area (Å²) in [5, 5.41) is 124. The van der Waals surface area contributed by atoms with Gasteiger partial charge in [-0.1, -0.05) is 0 Å². The van der Waals surface area contributed by atoms with Crippen molar-refractivity contribution in [1.82, 2.24) is 0 Å². The van der Waals surface area contributed by atoms with Crippen molar-refractivity contribution in [2.24, 2.45) is 0 Å². The van der Waals surface area contributed by atoms with Crippen molar-refractivity contribution < 1.29 is 94.1 Å². The minimum absolute atomic E-state index is 0.0385. The summed E-state index contributed by atoms with van der Waals surface area (Å²) in [5.41, 5.74) is -1.49. The smallest absolute Gasteiger partial charge is 0.238 e. The summed E-state index contributed by atoms with van der Waals surface area (Å²) in [6, 6.07) is 5.30. The van der Waals surface area contributed by atoms with E-state index in [-0.39, 0.29) is 16.9 Å². The maximum atomic E-state index is 13.1. The number of benzene rings is 2. The lowest BCUT2D eigenvalue weighted by Gasteiger charge is -2.45. The van der Waals surface area contributed by atoms with Gasteiger partial charge in [-0.2, -0.15) is 0 Å². The summed E-state index contributed by atoms with van der Waals surface area (Å²) in [7, 11) is 0. The molecule has 1 aromatic heterocycles. The van der Waals surface area contributed by atoms with Gasteiger partial charge in [0.2, 0.25) is 17.5 Å². The zero-order chi connectivity index (χ0) is 37.8. The highest BCUT2D eigenvalue weighted by molar-refractivity contribution is 5.88. The second-order valence-corrected chi connectivity index (χ2v) is 12.6.